The first-order valence-corrected chi connectivity index (χ1v) is 7.90. The monoisotopic (exact) mass is 280 g/mol. The fraction of sp³-hybridized carbons (Fsp3) is 0.812. The third kappa shape index (κ3) is 4.06. The van der Waals surface area contributed by atoms with Gasteiger partial charge in [0.15, 0.2) is 0 Å². The van der Waals surface area contributed by atoms with Gasteiger partial charge in [-0.3, -0.25) is 4.68 Å². The molecule has 0 saturated carbocycles. The van der Waals surface area contributed by atoms with Gasteiger partial charge in [-0.2, -0.15) is 5.10 Å². The Hall–Kier alpha value is -0.870. The molecule has 0 spiro atoms. The summed E-state index contributed by atoms with van der Waals surface area (Å²) in [6.45, 7) is 11.0. The summed E-state index contributed by atoms with van der Waals surface area (Å²) < 4.78 is 2.01. The Balaban J connectivity index is 2.87. The van der Waals surface area contributed by atoms with E-state index in [9.17, 15) is 0 Å². The quantitative estimate of drug-likeness (QED) is 0.754. The van der Waals surface area contributed by atoms with Crippen molar-refractivity contribution in [3.05, 3.63) is 18.0 Å². The maximum Gasteiger partial charge on any atom is 0.0522 e. The topological polar surface area (TPSA) is 33.1 Å². The molecule has 1 aromatic rings. The van der Waals surface area contributed by atoms with Crippen molar-refractivity contribution in [2.75, 3.05) is 20.6 Å². The summed E-state index contributed by atoms with van der Waals surface area (Å²) >= 11 is 0. The van der Waals surface area contributed by atoms with Gasteiger partial charge in [0.2, 0.25) is 0 Å². The third-order valence-corrected chi connectivity index (χ3v) is 4.58. The standard InChI is InChI=1S/C16H32N4/c1-7-10-17-15(16(4,8-2)19(5)6)11-14-12-18-20(9-3)13-14/h12-13,15,17H,7-11H2,1-6H3. The van der Waals surface area contributed by atoms with Crippen LogP contribution in [0.5, 0.6) is 0 Å². The van der Waals surface area contributed by atoms with Crippen LogP contribution in [-0.2, 0) is 13.0 Å². The van der Waals surface area contributed by atoms with Crippen molar-refractivity contribution >= 4 is 0 Å². The summed E-state index contributed by atoms with van der Waals surface area (Å²) in [4.78, 5) is 2.35. The molecule has 4 heteroatoms. The minimum Gasteiger partial charge on any atom is -0.312 e. The molecule has 0 radical (unpaired) electrons. The van der Waals surface area contributed by atoms with E-state index in [1.54, 1.807) is 0 Å². The molecule has 1 rings (SSSR count). The van der Waals surface area contributed by atoms with Gasteiger partial charge in [0.05, 0.1) is 6.20 Å². The van der Waals surface area contributed by atoms with Crippen LogP contribution in [0.3, 0.4) is 0 Å². The highest BCUT2D eigenvalue weighted by molar-refractivity contribution is 5.10. The van der Waals surface area contributed by atoms with Crippen LogP contribution in [-0.4, -0.2) is 46.9 Å². The molecule has 20 heavy (non-hydrogen) atoms. The van der Waals surface area contributed by atoms with Crippen molar-refractivity contribution in [2.24, 2.45) is 0 Å². The summed E-state index contributed by atoms with van der Waals surface area (Å²) in [6.07, 6.45) is 7.51. The van der Waals surface area contributed by atoms with E-state index in [1.807, 2.05) is 10.9 Å². The van der Waals surface area contributed by atoms with Crippen LogP contribution in [0.1, 0.15) is 46.1 Å². The summed E-state index contributed by atoms with van der Waals surface area (Å²) in [5, 5.41) is 8.14. The zero-order valence-corrected chi connectivity index (χ0v) is 14.1. The molecule has 0 amide bonds. The van der Waals surface area contributed by atoms with Gasteiger partial charge in [-0.1, -0.05) is 13.8 Å². The Bertz CT molecular complexity index is 386. The van der Waals surface area contributed by atoms with Crippen LogP contribution in [0.15, 0.2) is 12.4 Å². The minimum absolute atomic E-state index is 0.156. The van der Waals surface area contributed by atoms with E-state index in [0.717, 1.165) is 32.4 Å². The zero-order valence-electron chi connectivity index (χ0n) is 14.1. The molecule has 4 nitrogen and oxygen atoms in total. The van der Waals surface area contributed by atoms with Gasteiger partial charge < -0.3 is 10.2 Å². The lowest BCUT2D eigenvalue weighted by molar-refractivity contribution is 0.112. The van der Waals surface area contributed by atoms with E-state index >= 15 is 0 Å². The lowest BCUT2D eigenvalue weighted by Crippen LogP contribution is -2.57. The van der Waals surface area contributed by atoms with Crippen molar-refractivity contribution in [1.82, 2.24) is 20.0 Å². The fourth-order valence-electron chi connectivity index (χ4n) is 2.63. The smallest absolute Gasteiger partial charge is 0.0522 e. The Morgan fingerprint density at radius 3 is 2.50 bits per heavy atom. The predicted octanol–water partition coefficient (Wildman–Crippen LogP) is 2.54. The Kier molecular flexibility index (Phi) is 6.69. The van der Waals surface area contributed by atoms with E-state index in [1.165, 1.54) is 5.56 Å². The molecule has 2 atom stereocenters. The second kappa shape index (κ2) is 7.79. The van der Waals surface area contributed by atoms with Gasteiger partial charge in [0.1, 0.15) is 0 Å². The maximum atomic E-state index is 4.40. The highest BCUT2D eigenvalue weighted by Crippen LogP contribution is 2.24. The van der Waals surface area contributed by atoms with Gasteiger partial charge in [0, 0.05) is 24.3 Å². The summed E-state index contributed by atoms with van der Waals surface area (Å²) in [6, 6.07) is 0.442. The number of rotatable bonds is 9. The van der Waals surface area contributed by atoms with Crippen LogP contribution < -0.4 is 5.32 Å². The van der Waals surface area contributed by atoms with E-state index in [0.29, 0.717) is 6.04 Å². The summed E-state index contributed by atoms with van der Waals surface area (Å²) in [5.74, 6) is 0. The fourth-order valence-corrected chi connectivity index (χ4v) is 2.63. The zero-order chi connectivity index (χ0) is 15.2. The number of aromatic nitrogens is 2. The number of nitrogens with one attached hydrogen (secondary N) is 1. The molecule has 0 aliphatic carbocycles. The molecule has 116 valence electrons. The van der Waals surface area contributed by atoms with Gasteiger partial charge in [0.25, 0.3) is 0 Å². The average molecular weight is 280 g/mol. The van der Waals surface area contributed by atoms with Crippen molar-refractivity contribution in [2.45, 2.75) is 65.1 Å². The first-order chi connectivity index (χ1) is 9.47. The molecule has 0 fully saturated rings. The Labute approximate surface area is 124 Å². The van der Waals surface area contributed by atoms with E-state index in [2.05, 4.69) is 63.3 Å². The van der Waals surface area contributed by atoms with Crippen LogP contribution in [0.4, 0.5) is 0 Å². The Morgan fingerprint density at radius 1 is 1.35 bits per heavy atom. The van der Waals surface area contributed by atoms with Gasteiger partial charge in [-0.25, -0.2) is 0 Å². The lowest BCUT2D eigenvalue weighted by Gasteiger charge is -2.43. The van der Waals surface area contributed by atoms with Crippen molar-refractivity contribution in [3.63, 3.8) is 0 Å². The minimum atomic E-state index is 0.156. The first-order valence-electron chi connectivity index (χ1n) is 7.90. The third-order valence-electron chi connectivity index (χ3n) is 4.58. The predicted molar refractivity (Wildman–Crippen MR) is 86.1 cm³/mol. The molecule has 0 saturated heterocycles. The summed E-state index contributed by atoms with van der Waals surface area (Å²) in [5.41, 5.74) is 1.48. The lowest BCUT2D eigenvalue weighted by atomic mass is 9.84. The molecule has 0 aliphatic rings. The van der Waals surface area contributed by atoms with E-state index in [4.69, 9.17) is 0 Å². The van der Waals surface area contributed by atoms with Gasteiger partial charge >= 0.3 is 0 Å². The van der Waals surface area contributed by atoms with Crippen molar-refractivity contribution in [1.29, 1.82) is 0 Å². The molecule has 2 unspecified atom stereocenters. The number of hydrogen-bond acceptors (Lipinski definition) is 3. The second-order valence-electron chi connectivity index (χ2n) is 6.02. The highest BCUT2D eigenvalue weighted by atomic mass is 15.3. The highest BCUT2D eigenvalue weighted by Gasteiger charge is 2.34. The van der Waals surface area contributed by atoms with Crippen molar-refractivity contribution < 1.29 is 0 Å². The van der Waals surface area contributed by atoms with Gasteiger partial charge in [-0.05, 0) is 59.3 Å². The van der Waals surface area contributed by atoms with Crippen LogP contribution in [0, 0.1) is 0 Å². The molecule has 1 N–H and O–H groups in total. The number of hydrogen-bond donors (Lipinski definition) is 1. The molecule has 0 aromatic carbocycles. The van der Waals surface area contributed by atoms with Crippen LogP contribution >= 0.6 is 0 Å². The maximum absolute atomic E-state index is 4.40. The molecule has 1 heterocycles. The van der Waals surface area contributed by atoms with Crippen LogP contribution in [0.25, 0.3) is 0 Å². The molecule has 0 aliphatic heterocycles. The molecular weight excluding hydrogens is 248 g/mol. The average Bonchev–Trinajstić information content (AvgIpc) is 2.89. The normalized spacial score (nSPS) is 16.4. The summed E-state index contributed by atoms with van der Waals surface area (Å²) in [7, 11) is 4.36. The van der Waals surface area contributed by atoms with Crippen LogP contribution in [0.2, 0.25) is 0 Å². The van der Waals surface area contributed by atoms with E-state index < -0.39 is 0 Å². The molecular formula is C16H32N4. The van der Waals surface area contributed by atoms with E-state index in [-0.39, 0.29) is 5.54 Å². The van der Waals surface area contributed by atoms with Crippen molar-refractivity contribution in [3.8, 4) is 0 Å². The number of nitrogens with zero attached hydrogens (tertiary/aromatic N) is 3. The SMILES string of the molecule is CCCNC(Cc1cnn(CC)c1)C(C)(CC)N(C)C. The largest absolute Gasteiger partial charge is 0.312 e. The molecule has 0 bridgehead atoms. The number of aryl methyl sites for hydroxylation is 1. The second-order valence-corrected chi connectivity index (χ2v) is 6.02. The first kappa shape index (κ1) is 17.2. The Morgan fingerprint density at radius 2 is 2.05 bits per heavy atom. The number of likely N-dealkylation sites (N-methyl/N-ethyl adjacent to an activating group) is 1. The molecule has 1 aromatic heterocycles. The van der Waals surface area contributed by atoms with Gasteiger partial charge in [-0.15, -0.1) is 0 Å².